The van der Waals surface area contributed by atoms with Crippen molar-refractivity contribution in [3.05, 3.63) is 53.1 Å². The molecular formula is C19H21ClN2O4S. The highest BCUT2D eigenvalue weighted by Gasteiger charge is 2.36. The van der Waals surface area contributed by atoms with Gasteiger partial charge in [0.15, 0.2) is 0 Å². The number of hydrogen-bond donors (Lipinski definition) is 0. The maximum Gasteiger partial charge on any atom is 0.250 e. The molecule has 3 rings (SSSR count). The molecule has 1 amide bonds. The Kier molecular flexibility index (Phi) is 5.35. The highest BCUT2D eigenvalue weighted by molar-refractivity contribution is 7.92. The van der Waals surface area contributed by atoms with E-state index in [0.717, 1.165) is 28.2 Å². The van der Waals surface area contributed by atoms with Crippen molar-refractivity contribution in [3.63, 3.8) is 0 Å². The second-order valence-corrected chi connectivity index (χ2v) is 8.72. The van der Waals surface area contributed by atoms with Crippen molar-refractivity contribution in [2.75, 3.05) is 29.1 Å². The van der Waals surface area contributed by atoms with E-state index in [9.17, 15) is 13.2 Å². The molecule has 2 aromatic rings. The number of carbonyl (C=O) groups is 1. The van der Waals surface area contributed by atoms with Crippen LogP contribution in [0.4, 0.5) is 11.4 Å². The normalized spacial score (nSPS) is 14.6. The van der Waals surface area contributed by atoms with Gasteiger partial charge in [-0.05, 0) is 43.2 Å². The third-order valence-electron chi connectivity index (χ3n) is 4.60. The van der Waals surface area contributed by atoms with Gasteiger partial charge in [0.05, 0.1) is 19.1 Å². The number of amides is 1. The Morgan fingerprint density at radius 1 is 1.26 bits per heavy atom. The van der Waals surface area contributed by atoms with E-state index in [1.54, 1.807) is 24.0 Å². The first kappa shape index (κ1) is 19.5. The van der Waals surface area contributed by atoms with Crippen LogP contribution in [-0.2, 0) is 21.2 Å². The largest absolute Gasteiger partial charge is 0.495 e. The molecule has 0 aliphatic carbocycles. The second kappa shape index (κ2) is 7.40. The summed E-state index contributed by atoms with van der Waals surface area (Å²) < 4.78 is 31.5. The van der Waals surface area contributed by atoms with E-state index in [2.05, 4.69) is 0 Å². The second-order valence-electron chi connectivity index (χ2n) is 6.42. The molecule has 2 aromatic carbocycles. The molecule has 1 aliphatic heterocycles. The van der Waals surface area contributed by atoms with E-state index in [4.69, 9.17) is 16.3 Å². The summed E-state index contributed by atoms with van der Waals surface area (Å²) in [5, 5.41) is 0.352. The summed E-state index contributed by atoms with van der Waals surface area (Å²) in [5.41, 5.74) is 2.13. The molecule has 0 saturated heterocycles. The summed E-state index contributed by atoms with van der Waals surface area (Å²) in [6, 6.07) is 11.4. The first-order valence-electron chi connectivity index (χ1n) is 8.46. The van der Waals surface area contributed by atoms with Crippen molar-refractivity contribution in [2.45, 2.75) is 19.4 Å². The van der Waals surface area contributed by atoms with E-state index < -0.39 is 16.1 Å². The number of para-hydroxylation sites is 1. The molecule has 0 bridgehead atoms. The minimum atomic E-state index is -3.77. The van der Waals surface area contributed by atoms with Gasteiger partial charge in [-0.3, -0.25) is 9.10 Å². The fraction of sp³-hybridized carbons (Fsp3) is 0.316. The van der Waals surface area contributed by atoms with Crippen molar-refractivity contribution in [3.8, 4) is 5.75 Å². The molecule has 144 valence electrons. The minimum absolute atomic E-state index is 0.237. The Morgan fingerprint density at radius 3 is 2.63 bits per heavy atom. The number of rotatable bonds is 5. The summed E-state index contributed by atoms with van der Waals surface area (Å²) in [6.45, 7) is 2.09. The smallest absolute Gasteiger partial charge is 0.250 e. The fourth-order valence-electron chi connectivity index (χ4n) is 3.40. The van der Waals surface area contributed by atoms with Gasteiger partial charge in [-0.15, -0.1) is 0 Å². The summed E-state index contributed by atoms with van der Waals surface area (Å²) >= 11 is 6.07. The first-order valence-corrected chi connectivity index (χ1v) is 10.7. The molecule has 0 spiro atoms. The highest BCUT2D eigenvalue weighted by Crippen LogP contribution is 2.35. The van der Waals surface area contributed by atoms with Crippen LogP contribution in [0.5, 0.6) is 5.75 Å². The molecule has 0 aromatic heterocycles. The number of sulfonamides is 1. The van der Waals surface area contributed by atoms with Gasteiger partial charge >= 0.3 is 0 Å². The zero-order valence-corrected chi connectivity index (χ0v) is 16.9. The quantitative estimate of drug-likeness (QED) is 0.762. The number of hydrogen-bond acceptors (Lipinski definition) is 4. The summed E-state index contributed by atoms with van der Waals surface area (Å²) in [5.74, 6) is 0.0266. The van der Waals surface area contributed by atoms with Crippen LogP contribution in [0, 0.1) is 0 Å². The average Bonchev–Trinajstić information content (AvgIpc) is 3.04. The van der Waals surface area contributed by atoms with Gasteiger partial charge in [-0.1, -0.05) is 29.8 Å². The molecule has 0 saturated carbocycles. The number of ether oxygens (including phenoxy) is 1. The van der Waals surface area contributed by atoms with Gasteiger partial charge in [0.25, 0.3) is 5.91 Å². The van der Waals surface area contributed by atoms with Gasteiger partial charge in [-0.2, -0.15) is 0 Å². The van der Waals surface area contributed by atoms with Gasteiger partial charge in [-0.25, -0.2) is 8.42 Å². The molecule has 1 aliphatic rings. The van der Waals surface area contributed by atoms with E-state index in [0.29, 0.717) is 17.3 Å². The first-order chi connectivity index (χ1) is 12.7. The molecule has 27 heavy (non-hydrogen) atoms. The molecule has 1 unspecified atom stereocenters. The van der Waals surface area contributed by atoms with E-state index in [1.165, 1.54) is 13.2 Å². The molecule has 6 nitrogen and oxygen atoms in total. The van der Waals surface area contributed by atoms with Gasteiger partial charge in [0.1, 0.15) is 11.8 Å². The number of anilines is 2. The van der Waals surface area contributed by atoms with Crippen molar-refractivity contribution in [1.82, 2.24) is 0 Å². The summed E-state index contributed by atoms with van der Waals surface area (Å²) in [6.07, 6.45) is 1.81. The van der Waals surface area contributed by atoms with E-state index in [-0.39, 0.29) is 11.6 Å². The monoisotopic (exact) mass is 408 g/mol. The van der Waals surface area contributed by atoms with Crippen LogP contribution in [0.15, 0.2) is 42.5 Å². The lowest BCUT2D eigenvalue weighted by atomic mass is 10.2. The highest BCUT2D eigenvalue weighted by atomic mass is 35.5. The third kappa shape index (κ3) is 3.75. The molecular weight excluding hydrogens is 388 g/mol. The maximum absolute atomic E-state index is 13.2. The lowest BCUT2D eigenvalue weighted by Crippen LogP contribution is -2.49. The summed E-state index contributed by atoms with van der Waals surface area (Å²) in [4.78, 5) is 14.8. The van der Waals surface area contributed by atoms with Gasteiger partial charge in [0, 0.05) is 17.3 Å². The Bertz CT molecular complexity index is 977. The molecule has 0 N–H and O–H groups in total. The van der Waals surface area contributed by atoms with Crippen molar-refractivity contribution in [2.24, 2.45) is 0 Å². The van der Waals surface area contributed by atoms with Gasteiger partial charge in [0.2, 0.25) is 10.0 Å². The number of methoxy groups -OCH3 is 1. The van der Waals surface area contributed by atoms with Crippen molar-refractivity contribution < 1.29 is 17.9 Å². The Balaban J connectivity index is 2.02. The van der Waals surface area contributed by atoms with E-state index >= 15 is 0 Å². The standard InChI is InChI=1S/C19H21ClN2O4S/c1-13(19(23)21-11-10-14-6-4-5-7-16(14)21)22(27(3,24)25)17-12-15(20)8-9-18(17)26-2/h4-9,12-13H,10-11H2,1-3H3. The van der Waals surface area contributed by atoms with Crippen LogP contribution in [0.25, 0.3) is 0 Å². The molecule has 0 radical (unpaired) electrons. The number of nitrogens with zero attached hydrogens (tertiary/aromatic N) is 2. The summed E-state index contributed by atoms with van der Waals surface area (Å²) in [7, 11) is -2.33. The van der Waals surface area contributed by atoms with Crippen LogP contribution >= 0.6 is 11.6 Å². The SMILES string of the molecule is COc1ccc(Cl)cc1N(C(C)C(=O)N1CCc2ccccc21)S(C)(=O)=O. The predicted molar refractivity (Wildman–Crippen MR) is 107 cm³/mol. The lowest BCUT2D eigenvalue weighted by Gasteiger charge is -2.32. The van der Waals surface area contributed by atoms with Crippen molar-refractivity contribution in [1.29, 1.82) is 0 Å². The Morgan fingerprint density at radius 2 is 1.96 bits per heavy atom. The van der Waals surface area contributed by atoms with Crippen LogP contribution in [0.3, 0.4) is 0 Å². The average molecular weight is 409 g/mol. The van der Waals surface area contributed by atoms with Crippen LogP contribution in [0.1, 0.15) is 12.5 Å². The van der Waals surface area contributed by atoms with Crippen molar-refractivity contribution >= 4 is 38.9 Å². The van der Waals surface area contributed by atoms with Crippen LogP contribution in [0.2, 0.25) is 5.02 Å². The predicted octanol–water partition coefficient (Wildman–Crippen LogP) is 3.09. The Labute approximate surface area is 164 Å². The number of carbonyl (C=O) groups excluding carboxylic acids is 1. The molecule has 1 heterocycles. The fourth-order valence-corrected chi connectivity index (χ4v) is 4.73. The number of benzene rings is 2. The zero-order valence-electron chi connectivity index (χ0n) is 15.3. The number of fused-ring (bicyclic) bond motifs is 1. The van der Waals surface area contributed by atoms with Crippen LogP contribution < -0.4 is 13.9 Å². The topological polar surface area (TPSA) is 66.9 Å². The number of halogens is 1. The zero-order chi connectivity index (χ0) is 19.8. The molecule has 1 atom stereocenters. The Hall–Kier alpha value is -2.25. The lowest BCUT2D eigenvalue weighted by molar-refractivity contribution is -0.119. The molecule has 8 heteroatoms. The van der Waals surface area contributed by atoms with Crippen LogP contribution in [-0.4, -0.2) is 40.3 Å². The minimum Gasteiger partial charge on any atom is -0.495 e. The molecule has 0 fully saturated rings. The van der Waals surface area contributed by atoms with E-state index in [1.807, 2.05) is 24.3 Å². The third-order valence-corrected chi connectivity index (χ3v) is 6.06. The van der Waals surface area contributed by atoms with Gasteiger partial charge < -0.3 is 9.64 Å². The maximum atomic E-state index is 13.2.